The first-order valence-corrected chi connectivity index (χ1v) is 8.06. The third kappa shape index (κ3) is 4.26. The Morgan fingerprint density at radius 1 is 1.00 bits per heavy atom. The highest BCUT2D eigenvalue weighted by Crippen LogP contribution is 2.29. The molecule has 0 aliphatic rings. The lowest BCUT2D eigenvalue weighted by atomic mass is 10.2. The molecule has 0 bridgehead atoms. The molecule has 0 saturated heterocycles. The Labute approximate surface area is 130 Å². The van der Waals surface area contributed by atoms with Crippen molar-refractivity contribution in [1.82, 2.24) is 0 Å². The number of ether oxygens (including phenoxy) is 2. The molecule has 0 fully saturated rings. The second kappa shape index (κ2) is 7.00. The Bertz CT molecular complexity index is 755. The molecule has 0 aliphatic carbocycles. The van der Waals surface area contributed by atoms with E-state index in [1.54, 1.807) is 18.2 Å². The lowest BCUT2D eigenvalue weighted by Gasteiger charge is -2.11. The van der Waals surface area contributed by atoms with Crippen LogP contribution in [0.4, 0.5) is 5.69 Å². The van der Waals surface area contributed by atoms with Crippen LogP contribution in [0.25, 0.3) is 6.08 Å². The summed E-state index contributed by atoms with van der Waals surface area (Å²) < 4.78 is 37.0. The maximum Gasteiger partial charge on any atom is 0.255 e. The van der Waals surface area contributed by atoms with E-state index in [9.17, 15) is 8.42 Å². The van der Waals surface area contributed by atoms with Crippen LogP contribution in [0.1, 0.15) is 5.56 Å². The van der Waals surface area contributed by atoms with E-state index in [4.69, 9.17) is 9.47 Å². The molecule has 2 aromatic rings. The first kappa shape index (κ1) is 15.9. The molecule has 0 saturated carbocycles. The number of benzene rings is 2. The van der Waals surface area contributed by atoms with E-state index in [1.165, 1.54) is 20.3 Å². The topological polar surface area (TPSA) is 64.6 Å². The number of sulfonamides is 1. The van der Waals surface area contributed by atoms with Gasteiger partial charge in [-0.25, -0.2) is 8.42 Å². The summed E-state index contributed by atoms with van der Waals surface area (Å²) in [6.45, 7) is 0. The SMILES string of the molecule is COc1ccc(OC)c(NS(=O)(=O)C=Cc2ccccc2)c1. The van der Waals surface area contributed by atoms with Crippen LogP contribution in [0.2, 0.25) is 0 Å². The van der Waals surface area contributed by atoms with Crippen LogP contribution in [0.15, 0.2) is 53.9 Å². The highest BCUT2D eigenvalue weighted by atomic mass is 32.2. The van der Waals surface area contributed by atoms with Gasteiger partial charge in [0.2, 0.25) is 0 Å². The largest absolute Gasteiger partial charge is 0.497 e. The third-order valence-electron chi connectivity index (χ3n) is 2.90. The van der Waals surface area contributed by atoms with Crippen molar-refractivity contribution in [2.75, 3.05) is 18.9 Å². The molecule has 1 N–H and O–H groups in total. The fourth-order valence-corrected chi connectivity index (χ4v) is 2.68. The van der Waals surface area contributed by atoms with E-state index in [1.807, 2.05) is 30.3 Å². The van der Waals surface area contributed by atoms with Crippen LogP contribution in [0.5, 0.6) is 11.5 Å². The summed E-state index contributed by atoms with van der Waals surface area (Å²) in [6.07, 6.45) is 1.52. The second-order valence-electron chi connectivity index (χ2n) is 4.43. The quantitative estimate of drug-likeness (QED) is 0.888. The number of hydrogen-bond donors (Lipinski definition) is 1. The van der Waals surface area contributed by atoms with Gasteiger partial charge < -0.3 is 9.47 Å². The fraction of sp³-hybridized carbons (Fsp3) is 0.125. The molecule has 2 rings (SSSR count). The molecule has 0 atom stereocenters. The molecule has 0 aliphatic heterocycles. The van der Waals surface area contributed by atoms with Gasteiger partial charge in [0.1, 0.15) is 11.5 Å². The predicted octanol–water partition coefficient (Wildman–Crippen LogP) is 3.12. The van der Waals surface area contributed by atoms with E-state index in [-0.39, 0.29) is 0 Å². The molecule has 2 aromatic carbocycles. The van der Waals surface area contributed by atoms with Crippen LogP contribution in [-0.2, 0) is 10.0 Å². The van der Waals surface area contributed by atoms with Crippen molar-refractivity contribution in [3.8, 4) is 11.5 Å². The first-order chi connectivity index (χ1) is 10.5. The normalized spacial score (nSPS) is 11.4. The Hall–Kier alpha value is -2.47. The molecule has 0 spiro atoms. The van der Waals surface area contributed by atoms with Gasteiger partial charge in [-0.15, -0.1) is 0 Å². The summed E-state index contributed by atoms with van der Waals surface area (Å²) >= 11 is 0. The van der Waals surface area contributed by atoms with Crippen molar-refractivity contribution < 1.29 is 17.9 Å². The Balaban J connectivity index is 2.23. The Morgan fingerprint density at radius 3 is 2.36 bits per heavy atom. The van der Waals surface area contributed by atoms with Gasteiger partial charge in [0.25, 0.3) is 10.0 Å². The van der Waals surface area contributed by atoms with Gasteiger partial charge >= 0.3 is 0 Å². The lowest BCUT2D eigenvalue weighted by molar-refractivity contribution is 0.405. The van der Waals surface area contributed by atoms with Crippen molar-refractivity contribution in [3.05, 3.63) is 59.5 Å². The molecule has 22 heavy (non-hydrogen) atoms. The smallest absolute Gasteiger partial charge is 0.255 e. The van der Waals surface area contributed by atoms with Gasteiger partial charge in [-0.2, -0.15) is 0 Å². The molecule has 0 radical (unpaired) electrons. The molecule has 5 nitrogen and oxygen atoms in total. The van der Waals surface area contributed by atoms with E-state index < -0.39 is 10.0 Å². The van der Waals surface area contributed by atoms with Gasteiger partial charge in [-0.3, -0.25) is 4.72 Å². The maximum absolute atomic E-state index is 12.1. The summed E-state index contributed by atoms with van der Waals surface area (Å²) in [7, 11) is -0.676. The molecule has 0 aromatic heterocycles. The molecular formula is C16H17NO4S. The van der Waals surface area contributed by atoms with Crippen molar-refractivity contribution in [1.29, 1.82) is 0 Å². The van der Waals surface area contributed by atoms with Crippen LogP contribution < -0.4 is 14.2 Å². The molecule has 0 amide bonds. The molecule has 6 heteroatoms. The molecule has 0 unspecified atom stereocenters. The minimum atomic E-state index is -3.66. The average Bonchev–Trinajstić information content (AvgIpc) is 2.53. The summed E-state index contributed by atoms with van der Waals surface area (Å²) in [5.41, 5.74) is 1.12. The van der Waals surface area contributed by atoms with Gasteiger partial charge in [0.05, 0.1) is 25.3 Å². The number of rotatable bonds is 6. The number of methoxy groups -OCH3 is 2. The third-order valence-corrected chi connectivity index (χ3v) is 3.90. The van der Waals surface area contributed by atoms with E-state index in [2.05, 4.69) is 4.72 Å². The Morgan fingerprint density at radius 2 is 1.73 bits per heavy atom. The highest BCUT2D eigenvalue weighted by Gasteiger charge is 2.11. The van der Waals surface area contributed by atoms with Gasteiger partial charge in [0.15, 0.2) is 0 Å². The first-order valence-electron chi connectivity index (χ1n) is 6.52. The molecule has 0 heterocycles. The summed E-state index contributed by atoms with van der Waals surface area (Å²) in [4.78, 5) is 0. The highest BCUT2D eigenvalue weighted by molar-refractivity contribution is 7.95. The zero-order valence-corrected chi connectivity index (χ0v) is 13.1. The number of anilines is 1. The average molecular weight is 319 g/mol. The molecular weight excluding hydrogens is 302 g/mol. The minimum absolute atomic E-state index is 0.319. The predicted molar refractivity (Wildman–Crippen MR) is 87.6 cm³/mol. The van der Waals surface area contributed by atoms with Gasteiger partial charge in [-0.05, 0) is 23.8 Å². The van der Waals surface area contributed by atoms with E-state index in [0.29, 0.717) is 17.2 Å². The second-order valence-corrected chi connectivity index (χ2v) is 5.99. The summed E-state index contributed by atoms with van der Waals surface area (Å²) in [6, 6.07) is 14.1. The summed E-state index contributed by atoms with van der Waals surface area (Å²) in [5.74, 6) is 0.947. The van der Waals surface area contributed by atoms with Crippen LogP contribution >= 0.6 is 0 Å². The zero-order valence-electron chi connectivity index (χ0n) is 12.3. The van der Waals surface area contributed by atoms with Crippen molar-refractivity contribution >= 4 is 21.8 Å². The van der Waals surface area contributed by atoms with Crippen LogP contribution in [-0.4, -0.2) is 22.6 Å². The van der Waals surface area contributed by atoms with Crippen LogP contribution in [0, 0.1) is 0 Å². The Kier molecular flexibility index (Phi) is 5.06. The number of hydrogen-bond acceptors (Lipinski definition) is 4. The minimum Gasteiger partial charge on any atom is -0.497 e. The monoisotopic (exact) mass is 319 g/mol. The van der Waals surface area contributed by atoms with Gasteiger partial charge in [-0.1, -0.05) is 30.3 Å². The maximum atomic E-state index is 12.1. The lowest BCUT2D eigenvalue weighted by Crippen LogP contribution is -2.10. The van der Waals surface area contributed by atoms with Crippen molar-refractivity contribution in [2.24, 2.45) is 0 Å². The van der Waals surface area contributed by atoms with Crippen LogP contribution in [0.3, 0.4) is 0 Å². The molecule has 116 valence electrons. The number of nitrogens with one attached hydrogen (secondary N) is 1. The van der Waals surface area contributed by atoms with Crippen molar-refractivity contribution in [2.45, 2.75) is 0 Å². The zero-order chi connectivity index (χ0) is 16.0. The van der Waals surface area contributed by atoms with E-state index in [0.717, 1.165) is 11.0 Å². The van der Waals surface area contributed by atoms with Crippen molar-refractivity contribution in [3.63, 3.8) is 0 Å². The van der Waals surface area contributed by atoms with Gasteiger partial charge in [0, 0.05) is 6.07 Å². The fourth-order valence-electron chi connectivity index (χ4n) is 1.81. The van der Waals surface area contributed by atoms with E-state index >= 15 is 0 Å². The standard InChI is InChI=1S/C16H17NO4S/c1-20-14-8-9-16(21-2)15(12-14)17-22(18,19)11-10-13-6-4-3-5-7-13/h3-12,17H,1-2H3. The summed E-state index contributed by atoms with van der Waals surface area (Å²) in [5, 5.41) is 1.11.